The molecule has 3 rings (SSSR count). The van der Waals surface area contributed by atoms with Gasteiger partial charge in [0.25, 0.3) is 0 Å². The molecular weight excluding hydrogens is 388 g/mol. The second-order valence-corrected chi connectivity index (χ2v) is 9.16. The van der Waals surface area contributed by atoms with E-state index in [-0.39, 0.29) is 11.3 Å². The van der Waals surface area contributed by atoms with Gasteiger partial charge in [0.15, 0.2) is 0 Å². The number of amides is 1. The first kappa shape index (κ1) is 23.3. The van der Waals surface area contributed by atoms with Gasteiger partial charge in [-0.2, -0.15) is 0 Å². The van der Waals surface area contributed by atoms with Crippen molar-refractivity contribution in [3.63, 3.8) is 0 Å². The molecule has 0 radical (unpaired) electrons. The monoisotopic (exact) mass is 424 g/mol. The van der Waals surface area contributed by atoms with E-state index in [1.807, 2.05) is 18.2 Å². The van der Waals surface area contributed by atoms with Gasteiger partial charge < -0.3 is 14.8 Å². The topological polar surface area (TPSA) is 50.8 Å². The van der Waals surface area contributed by atoms with Crippen molar-refractivity contribution in [2.45, 2.75) is 52.1 Å². The number of nitrogens with one attached hydrogen (secondary N) is 1. The van der Waals surface area contributed by atoms with Crippen LogP contribution in [0.2, 0.25) is 0 Å². The summed E-state index contributed by atoms with van der Waals surface area (Å²) in [6.45, 7) is 12.1. The Kier molecular flexibility index (Phi) is 8.50. The third-order valence-corrected chi connectivity index (χ3v) is 5.63. The summed E-state index contributed by atoms with van der Waals surface area (Å²) in [4.78, 5) is 14.7. The fourth-order valence-corrected chi connectivity index (χ4v) is 3.64. The van der Waals surface area contributed by atoms with Gasteiger partial charge in [0.2, 0.25) is 5.91 Å². The van der Waals surface area contributed by atoms with Crippen molar-refractivity contribution in [2.24, 2.45) is 0 Å². The molecule has 1 aliphatic heterocycles. The lowest BCUT2D eigenvalue weighted by molar-refractivity contribution is -0.121. The highest BCUT2D eigenvalue weighted by atomic mass is 16.5. The predicted octanol–water partition coefficient (Wildman–Crippen LogP) is 4.29. The highest BCUT2D eigenvalue weighted by molar-refractivity contribution is 5.75. The van der Waals surface area contributed by atoms with E-state index in [9.17, 15) is 4.79 Å². The van der Waals surface area contributed by atoms with Gasteiger partial charge in [-0.25, -0.2) is 0 Å². The van der Waals surface area contributed by atoms with Crippen LogP contribution in [0.3, 0.4) is 0 Å². The van der Waals surface area contributed by atoms with Crippen molar-refractivity contribution in [1.29, 1.82) is 0 Å². The number of hydrogen-bond acceptors (Lipinski definition) is 4. The number of carbonyl (C=O) groups is 1. The molecule has 2 aromatic carbocycles. The first-order valence-corrected chi connectivity index (χ1v) is 11.3. The van der Waals surface area contributed by atoms with Crippen molar-refractivity contribution in [3.05, 3.63) is 65.2 Å². The first-order valence-electron chi connectivity index (χ1n) is 11.3. The van der Waals surface area contributed by atoms with Crippen LogP contribution in [-0.2, 0) is 28.0 Å². The third kappa shape index (κ3) is 7.67. The molecule has 1 amide bonds. The summed E-state index contributed by atoms with van der Waals surface area (Å²) in [5, 5.41) is 3.06. The second kappa shape index (κ2) is 11.3. The molecule has 1 N–H and O–H groups in total. The van der Waals surface area contributed by atoms with Gasteiger partial charge in [0.05, 0.1) is 19.8 Å². The summed E-state index contributed by atoms with van der Waals surface area (Å²) in [7, 11) is 0. The molecule has 5 heteroatoms. The Morgan fingerprint density at radius 3 is 2.39 bits per heavy atom. The van der Waals surface area contributed by atoms with E-state index in [1.54, 1.807) is 0 Å². The van der Waals surface area contributed by atoms with Crippen LogP contribution in [0, 0.1) is 0 Å². The SMILES string of the molecule is CC(C)(C)c1ccc(OCCCC(=O)NCc2ccccc2CN2CCOCC2)cc1. The summed E-state index contributed by atoms with van der Waals surface area (Å²) in [6, 6.07) is 16.6. The lowest BCUT2D eigenvalue weighted by Crippen LogP contribution is -2.36. The molecule has 0 unspecified atom stereocenters. The van der Waals surface area contributed by atoms with Crippen LogP contribution in [0.25, 0.3) is 0 Å². The number of hydrogen-bond donors (Lipinski definition) is 1. The number of rotatable bonds is 9. The Labute approximate surface area is 186 Å². The molecule has 1 aliphatic rings. The largest absolute Gasteiger partial charge is 0.494 e. The zero-order chi connectivity index (χ0) is 22.1. The van der Waals surface area contributed by atoms with Crippen molar-refractivity contribution in [2.75, 3.05) is 32.9 Å². The molecule has 168 valence electrons. The maximum Gasteiger partial charge on any atom is 0.220 e. The number of benzene rings is 2. The van der Waals surface area contributed by atoms with Gasteiger partial charge in [-0.15, -0.1) is 0 Å². The molecule has 1 saturated heterocycles. The average Bonchev–Trinajstić information content (AvgIpc) is 2.76. The lowest BCUT2D eigenvalue weighted by Gasteiger charge is -2.27. The maximum atomic E-state index is 12.3. The van der Waals surface area contributed by atoms with Gasteiger partial charge in [-0.05, 0) is 40.7 Å². The standard InChI is InChI=1S/C26H36N2O3/c1-26(2,3)23-10-12-24(13-11-23)31-16-6-9-25(29)27-19-21-7-4-5-8-22(21)20-28-14-17-30-18-15-28/h4-5,7-8,10-13H,6,9,14-20H2,1-3H3,(H,27,29). The molecule has 1 fully saturated rings. The minimum absolute atomic E-state index is 0.0628. The summed E-state index contributed by atoms with van der Waals surface area (Å²) >= 11 is 0. The predicted molar refractivity (Wildman–Crippen MR) is 124 cm³/mol. The smallest absolute Gasteiger partial charge is 0.220 e. The molecule has 1 heterocycles. The van der Waals surface area contributed by atoms with Crippen LogP contribution < -0.4 is 10.1 Å². The molecule has 2 aromatic rings. The highest BCUT2D eigenvalue weighted by Gasteiger charge is 2.14. The molecule has 31 heavy (non-hydrogen) atoms. The molecule has 0 aromatic heterocycles. The Balaban J connectivity index is 1.38. The number of carbonyl (C=O) groups excluding carboxylic acids is 1. The lowest BCUT2D eigenvalue weighted by atomic mass is 9.87. The van der Waals surface area contributed by atoms with Gasteiger partial charge in [-0.1, -0.05) is 57.2 Å². The average molecular weight is 425 g/mol. The molecule has 5 nitrogen and oxygen atoms in total. The van der Waals surface area contributed by atoms with Crippen LogP contribution in [0.5, 0.6) is 5.75 Å². The minimum Gasteiger partial charge on any atom is -0.494 e. The molecule has 0 aliphatic carbocycles. The highest BCUT2D eigenvalue weighted by Crippen LogP contribution is 2.24. The maximum absolute atomic E-state index is 12.3. The number of morpholine rings is 1. The fourth-order valence-electron chi connectivity index (χ4n) is 3.64. The molecule has 0 spiro atoms. The van der Waals surface area contributed by atoms with Gasteiger partial charge >= 0.3 is 0 Å². The number of nitrogens with zero attached hydrogens (tertiary/aromatic N) is 1. The Bertz CT molecular complexity index is 821. The first-order chi connectivity index (χ1) is 14.9. The summed E-state index contributed by atoms with van der Waals surface area (Å²) in [5.74, 6) is 0.915. The summed E-state index contributed by atoms with van der Waals surface area (Å²) < 4.78 is 11.2. The molecular formula is C26H36N2O3. The van der Waals surface area contributed by atoms with Crippen molar-refractivity contribution in [1.82, 2.24) is 10.2 Å². The van der Waals surface area contributed by atoms with E-state index in [0.29, 0.717) is 26.0 Å². The molecule has 0 saturated carbocycles. The van der Waals surface area contributed by atoms with Crippen molar-refractivity contribution in [3.8, 4) is 5.75 Å². The molecule has 0 atom stereocenters. The summed E-state index contributed by atoms with van der Waals surface area (Å²) in [5.41, 5.74) is 3.87. The zero-order valence-corrected chi connectivity index (χ0v) is 19.2. The van der Waals surface area contributed by atoms with Crippen LogP contribution in [0.15, 0.2) is 48.5 Å². The van der Waals surface area contributed by atoms with Gasteiger partial charge in [0.1, 0.15) is 5.75 Å². The third-order valence-electron chi connectivity index (χ3n) is 5.63. The Hall–Kier alpha value is -2.37. The quantitative estimate of drug-likeness (QED) is 0.610. The molecule has 0 bridgehead atoms. The van der Waals surface area contributed by atoms with E-state index in [2.05, 4.69) is 61.3 Å². The van der Waals surface area contributed by atoms with E-state index < -0.39 is 0 Å². The Morgan fingerprint density at radius 1 is 1.03 bits per heavy atom. The second-order valence-electron chi connectivity index (χ2n) is 9.16. The van der Waals surface area contributed by atoms with Crippen LogP contribution in [-0.4, -0.2) is 43.7 Å². The minimum atomic E-state index is 0.0628. The van der Waals surface area contributed by atoms with E-state index >= 15 is 0 Å². The van der Waals surface area contributed by atoms with Gasteiger partial charge in [0, 0.05) is 32.6 Å². The van der Waals surface area contributed by atoms with Crippen LogP contribution in [0.1, 0.15) is 50.3 Å². The van der Waals surface area contributed by atoms with E-state index in [0.717, 1.165) is 38.6 Å². The van der Waals surface area contributed by atoms with Crippen molar-refractivity contribution >= 4 is 5.91 Å². The summed E-state index contributed by atoms with van der Waals surface area (Å²) in [6.07, 6.45) is 1.16. The van der Waals surface area contributed by atoms with Gasteiger partial charge in [-0.3, -0.25) is 9.69 Å². The van der Waals surface area contributed by atoms with Crippen molar-refractivity contribution < 1.29 is 14.3 Å². The number of ether oxygens (including phenoxy) is 2. The fraction of sp³-hybridized carbons (Fsp3) is 0.500. The van der Waals surface area contributed by atoms with E-state index in [4.69, 9.17) is 9.47 Å². The Morgan fingerprint density at radius 2 is 1.71 bits per heavy atom. The zero-order valence-electron chi connectivity index (χ0n) is 19.2. The van der Waals surface area contributed by atoms with E-state index in [1.165, 1.54) is 16.7 Å². The van der Waals surface area contributed by atoms with Crippen LogP contribution >= 0.6 is 0 Å². The normalized spacial score (nSPS) is 14.9. The van der Waals surface area contributed by atoms with Crippen LogP contribution in [0.4, 0.5) is 0 Å².